The second-order valence-electron chi connectivity index (χ2n) is 3.97. The van der Waals surface area contributed by atoms with E-state index < -0.39 is 11.7 Å². The molecule has 7 heteroatoms. The van der Waals surface area contributed by atoms with Gasteiger partial charge >= 0.3 is 6.18 Å². The summed E-state index contributed by atoms with van der Waals surface area (Å²) in [5.74, 6) is 0.242. The Bertz CT molecular complexity index is 364. The normalized spacial score (nSPS) is 20.1. The highest BCUT2D eigenvalue weighted by atomic mass is 35.5. The number of nitrogens with zero attached hydrogens (tertiary/aromatic N) is 1. The van der Waals surface area contributed by atoms with Crippen LogP contribution in [0.1, 0.15) is 18.4 Å². The number of aromatic nitrogens is 1. The highest BCUT2D eigenvalue weighted by molar-refractivity contribution is 5.85. The van der Waals surface area contributed by atoms with Crippen LogP contribution in [0.25, 0.3) is 0 Å². The molecule has 1 saturated heterocycles. The number of nitrogens with one attached hydrogen (secondary N) is 1. The number of hydrogen-bond donors (Lipinski definition) is 1. The maximum atomic E-state index is 12.3. The van der Waals surface area contributed by atoms with Gasteiger partial charge < -0.3 is 10.1 Å². The smallest absolute Gasteiger partial charge is 0.417 e. The van der Waals surface area contributed by atoms with Gasteiger partial charge in [-0.15, -0.1) is 12.4 Å². The number of halogens is 4. The van der Waals surface area contributed by atoms with E-state index in [1.165, 1.54) is 6.07 Å². The van der Waals surface area contributed by atoms with E-state index in [1.807, 2.05) is 0 Å². The number of pyridine rings is 1. The third-order valence-corrected chi connectivity index (χ3v) is 2.60. The zero-order valence-electron chi connectivity index (χ0n) is 9.54. The Labute approximate surface area is 109 Å². The van der Waals surface area contributed by atoms with E-state index in [0.717, 1.165) is 31.6 Å². The molecule has 1 unspecified atom stereocenters. The average Bonchev–Trinajstić information content (AvgIpc) is 2.30. The Hall–Kier alpha value is -1.01. The summed E-state index contributed by atoms with van der Waals surface area (Å²) < 4.78 is 42.3. The molecule has 0 spiro atoms. The molecule has 1 aromatic rings. The molecule has 0 bridgehead atoms. The lowest BCUT2D eigenvalue weighted by Crippen LogP contribution is -2.37. The SMILES string of the molecule is Cl.FC(F)(F)c1ccc(OC2CCCNC2)nc1. The van der Waals surface area contributed by atoms with Crippen molar-refractivity contribution in [2.75, 3.05) is 13.1 Å². The standard InChI is InChI=1S/C11H13F3N2O.ClH/c12-11(13,14)8-3-4-10(16-6-8)17-9-2-1-5-15-7-9;/h3-4,6,9,15H,1-2,5,7H2;1H. The molecular formula is C11H14ClF3N2O. The molecule has 0 amide bonds. The van der Waals surface area contributed by atoms with Crippen LogP contribution in [0, 0.1) is 0 Å². The van der Waals surface area contributed by atoms with Crippen molar-refractivity contribution < 1.29 is 17.9 Å². The van der Waals surface area contributed by atoms with Crippen LogP contribution in [0.15, 0.2) is 18.3 Å². The number of ether oxygens (including phenoxy) is 1. The molecule has 0 aromatic carbocycles. The second-order valence-corrected chi connectivity index (χ2v) is 3.97. The van der Waals surface area contributed by atoms with Gasteiger partial charge in [-0.05, 0) is 25.5 Å². The summed E-state index contributed by atoms with van der Waals surface area (Å²) in [5.41, 5.74) is -0.758. The van der Waals surface area contributed by atoms with Crippen LogP contribution in [0.5, 0.6) is 5.88 Å². The lowest BCUT2D eigenvalue weighted by atomic mass is 10.1. The minimum absolute atomic E-state index is 0. The van der Waals surface area contributed by atoms with Gasteiger partial charge in [-0.25, -0.2) is 4.98 Å². The fourth-order valence-corrected chi connectivity index (χ4v) is 1.71. The predicted molar refractivity (Wildman–Crippen MR) is 63.0 cm³/mol. The zero-order chi connectivity index (χ0) is 12.3. The van der Waals surface area contributed by atoms with Gasteiger partial charge in [0.25, 0.3) is 0 Å². The second kappa shape index (κ2) is 6.24. The first-order valence-electron chi connectivity index (χ1n) is 5.46. The zero-order valence-corrected chi connectivity index (χ0v) is 10.4. The molecule has 3 nitrogen and oxygen atoms in total. The minimum atomic E-state index is -4.35. The molecule has 18 heavy (non-hydrogen) atoms. The van der Waals surface area contributed by atoms with E-state index in [4.69, 9.17) is 4.74 Å². The molecule has 1 aliphatic rings. The van der Waals surface area contributed by atoms with Crippen molar-refractivity contribution in [3.63, 3.8) is 0 Å². The Morgan fingerprint density at radius 3 is 2.61 bits per heavy atom. The van der Waals surface area contributed by atoms with Crippen molar-refractivity contribution >= 4 is 12.4 Å². The lowest BCUT2D eigenvalue weighted by Gasteiger charge is -2.23. The lowest BCUT2D eigenvalue weighted by molar-refractivity contribution is -0.137. The average molecular weight is 283 g/mol. The first-order chi connectivity index (χ1) is 8.05. The molecule has 2 rings (SSSR count). The first kappa shape index (κ1) is 15.0. The van der Waals surface area contributed by atoms with E-state index in [2.05, 4.69) is 10.3 Å². The van der Waals surface area contributed by atoms with E-state index in [0.29, 0.717) is 6.54 Å². The molecule has 1 aliphatic heterocycles. The monoisotopic (exact) mass is 282 g/mol. The number of alkyl halides is 3. The topological polar surface area (TPSA) is 34.1 Å². The molecule has 1 fully saturated rings. The fourth-order valence-electron chi connectivity index (χ4n) is 1.71. The summed E-state index contributed by atoms with van der Waals surface area (Å²) in [6.45, 7) is 1.67. The summed E-state index contributed by atoms with van der Waals surface area (Å²) in [4.78, 5) is 3.67. The van der Waals surface area contributed by atoms with Crippen molar-refractivity contribution in [1.82, 2.24) is 10.3 Å². The van der Waals surface area contributed by atoms with Crippen molar-refractivity contribution in [1.29, 1.82) is 0 Å². The molecule has 0 aliphatic carbocycles. The predicted octanol–water partition coefficient (Wildman–Crippen LogP) is 2.65. The maximum Gasteiger partial charge on any atom is 0.417 e. The van der Waals surface area contributed by atoms with Crippen LogP contribution >= 0.6 is 12.4 Å². The first-order valence-corrected chi connectivity index (χ1v) is 5.46. The summed E-state index contributed by atoms with van der Waals surface area (Å²) in [6.07, 6.45) is -1.65. The number of piperidine rings is 1. The van der Waals surface area contributed by atoms with Gasteiger partial charge in [0.1, 0.15) is 6.10 Å². The molecular weight excluding hydrogens is 269 g/mol. The van der Waals surface area contributed by atoms with E-state index in [1.54, 1.807) is 0 Å². The molecule has 1 atom stereocenters. The van der Waals surface area contributed by atoms with Gasteiger partial charge in [0.15, 0.2) is 0 Å². The fraction of sp³-hybridized carbons (Fsp3) is 0.545. The molecule has 102 valence electrons. The van der Waals surface area contributed by atoms with Crippen molar-refractivity contribution in [2.24, 2.45) is 0 Å². The van der Waals surface area contributed by atoms with Crippen LogP contribution < -0.4 is 10.1 Å². The largest absolute Gasteiger partial charge is 0.473 e. The summed E-state index contributed by atoms with van der Waals surface area (Å²) in [7, 11) is 0. The Balaban J connectivity index is 0.00000162. The Kier molecular flexibility index (Phi) is 5.22. The third-order valence-electron chi connectivity index (χ3n) is 2.60. The quantitative estimate of drug-likeness (QED) is 0.905. The summed E-state index contributed by atoms with van der Waals surface area (Å²) in [6, 6.07) is 2.25. The third kappa shape index (κ3) is 4.03. The van der Waals surface area contributed by atoms with Gasteiger partial charge in [0, 0.05) is 18.8 Å². The van der Waals surface area contributed by atoms with Crippen LogP contribution in [0.3, 0.4) is 0 Å². The molecule has 1 aromatic heterocycles. The number of rotatable bonds is 2. The van der Waals surface area contributed by atoms with Crippen molar-refractivity contribution in [3.05, 3.63) is 23.9 Å². The van der Waals surface area contributed by atoms with Crippen molar-refractivity contribution in [3.8, 4) is 5.88 Å². The van der Waals surface area contributed by atoms with Crippen LogP contribution in [-0.4, -0.2) is 24.2 Å². The van der Waals surface area contributed by atoms with Gasteiger partial charge in [-0.3, -0.25) is 0 Å². The summed E-state index contributed by atoms with van der Waals surface area (Å²) >= 11 is 0. The van der Waals surface area contributed by atoms with Crippen LogP contribution in [-0.2, 0) is 6.18 Å². The van der Waals surface area contributed by atoms with Crippen molar-refractivity contribution in [2.45, 2.75) is 25.1 Å². The highest BCUT2D eigenvalue weighted by Gasteiger charge is 2.30. The van der Waals surface area contributed by atoms with E-state index in [-0.39, 0.29) is 24.4 Å². The molecule has 0 saturated carbocycles. The van der Waals surface area contributed by atoms with E-state index >= 15 is 0 Å². The number of hydrogen-bond acceptors (Lipinski definition) is 3. The van der Waals surface area contributed by atoms with Gasteiger partial charge in [0.2, 0.25) is 5.88 Å². The Morgan fingerprint density at radius 2 is 2.11 bits per heavy atom. The van der Waals surface area contributed by atoms with E-state index in [9.17, 15) is 13.2 Å². The van der Waals surface area contributed by atoms with Gasteiger partial charge in [-0.2, -0.15) is 13.2 Å². The van der Waals surface area contributed by atoms with Crippen LogP contribution in [0.2, 0.25) is 0 Å². The molecule has 1 N–H and O–H groups in total. The summed E-state index contributed by atoms with van der Waals surface area (Å²) in [5, 5.41) is 3.16. The minimum Gasteiger partial charge on any atom is -0.473 e. The maximum absolute atomic E-state index is 12.3. The highest BCUT2D eigenvalue weighted by Crippen LogP contribution is 2.29. The molecule has 2 heterocycles. The Morgan fingerprint density at radius 1 is 1.33 bits per heavy atom. The molecule has 0 radical (unpaired) electrons. The van der Waals surface area contributed by atoms with Gasteiger partial charge in [-0.1, -0.05) is 0 Å². The van der Waals surface area contributed by atoms with Gasteiger partial charge in [0.05, 0.1) is 5.56 Å². The van der Waals surface area contributed by atoms with Crippen LogP contribution in [0.4, 0.5) is 13.2 Å².